The van der Waals surface area contributed by atoms with Crippen molar-refractivity contribution in [3.05, 3.63) is 24.0 Å². The van der Waals surface area contributed by atoms with Crippen molar-refractivity contribution in [3.8, 4) is 0 Å². The molecule has 0 aromatic carbocycles. The average Bonchev–Trinajstić information content (AvgIpc) is 2.63. The van der Waals surface area contributed by atoms with E-state index in [1.165, 1.54) is 5.69 Å². The quantitative estimate of drug-likeness (QED) is 0.785. The summed E-state index contributed by atoms with van der Waals surface area (Å²) >= 11 is 0. The second-order valence-corrected chi connectivity index (χ2v) is 3.88. The first-order chi connectivity index (χ1) is 6.86. The molecule has 0 saturated carbocycles. The van der Waals surface area contributed by atoms with Gasteiger partial charge in [0, 0.05) is 44.7 Å². The smallest absolute Gasteiger partial charge is 0.0480 e. The molecular formula is C11H18N2O. The Labute approximate surface area is 85.1 Å². The van der Waals surface area contributed by atoms with Gasteiger partial charge in [0.05, 0.1) is 0 Å². The molecule has 1 N–H and O–H groups in total. The maximum atomic E-state index is 5.32. The molecule has 3 nitrogen and oxygen atoms in total. The van der Waals surface area contributed by atoms with Gasteiger partial charge in [-0.1, -0.05) is 0 Å². The highest BCUT2D eigenvalue weighted by atomic mass is 16.5. The molecule has 0 amide bonds. The molecule has 1 fully saturated rings. The van der Waals surface area contributed by atoms with Crippen LogP contribution < -0.4 is 5.32 Å². The third kappa shape index (κ3) is 2.36. The van der Waals surface area contributed by atoms with Gasteiger partial charge in [-0.2, -0.15) is 0 Å². The average molecular weight is 194 g/mol. The van der Waals surface area contributed by atoms with Crippen molar-refractivity contribution in [1.29, 1.82) is 0 Å². The normalized spacial score (nSPS) is 18.6. The lowest BCUT2D eigenvalue weighted by atomic mass is 10.1. The second kappa shape index (κ2) is 4.62. The van der Waals surface area contributed by atoms with Gasteiger partial charge in [0.25, 0.3) is 0 Å². The Morgan fingerprint density at radius 3 is 2.93 bits per heavy atom. The fourth-order valence-corrected chi connectivity index (χ4v) is 1.83. The van der Waals surface area contributed by atoms with E-state index in [2.05, 4.69) is 35.3 Å². The van der Waals surface area contributed by atoms with E-state index in [4.69, 9.17) is 4.74 Å². The van der Waals surface area contributed by atoms with Gasteiger partial charge in [-0.25, -0.2) is 0 Å². The molecule has 0 aliphatic carbocycles. The Morgan fingerprint density at radius 1 is 1.50 bits per heavy atom. The molecule has 1 aromatic rings. The predicted molar refractivity (Wildman–Crippen MR) is 56.1 cm³/mol. The van der Waals surface area contributed by atoms with E-state index >= 15 is 0 Å². The van der Waals surface area contributed by atoms with Gasteiger partial charge in [0.1, 0.15) is 0 Å². The minimum absolute atomic E-state index is 0.638. The van der Waals surface area contributed by atoms with Crippen LogP contribution in [0, 0.1) is 0 Å². The topological polar surface area (TPSA) is 26.2 Å². The Balaban J connectivity index is 1.79. The maximum Gasteiger partial charge on any atom is 0.0480 e. The molecule has 14 heavy (non-hydrogen) atoms. The van der Waals surface area contributed by atoms with Crippen LogP contribution in [0.25, 0.3) is 0 Å². The van der Waals surface area contributed by atoms with Gasteiger partial charge in [-0.05, 0) is 25.0 Å². The van der Waals surface area contributed by atoms with E-state index in [1.54, 1.807) is 0 Å². The van der Waals surface area contributed by atoms with Gasteiger partial charge >= 0.3 is 0 Å². The number of nitrogens with one attached hydrogen (secondary N) is 1. The Hall–Kier alpha value is -0.800. The zero-order valence-electron chi connectivity index (χ0n) is 8.70. The summed E-state index contributed by atoms with van der Waals surface area (Å²) in [6, 6.07) is 4.88. The van der Waals surface area contributed by atoms with Crippen molar-refractivity contribution in [2.24, 2.45) is 7.05 Å². The van der Waals surface area contributed by atoms with Crippen molar-refractivity contribution in [1.82, 2.24) is 9.88 Å². The van der Waals surface area contributed by atoms with E-state index in [0.717, 1.165) is 32.6 Å². The summed E-state index contributed by atoms with van der Waals surface area (Å²) in [4.78, 5) is 0. The zero-order chi connectivity index (χ0) is 9.80. The number of ether oxygens (including phenoxy) is 1. The van der Waals surface area contributed by atoms with E-state index in [9.17, 15) is 0 Å². The van der Waals surface area contributed by atoms with Gasteiger partial charge in [0.2, 0.25) is 0 Å². The number of hydrogen-bond acceptors (Lipinski definition) is 2. The van der Waals surface area contributed by atoms with Crippen LogP contribution in [0.5, 0.6) is 0 Å². The first-order valence-corrected chi connectivity index (χ1v) is 5.27. The minimum Gasteiger partial charge on any atom is -0.381 e. The lowest BCUT2D eigenvalue weighted by molar-refractivity contribution is 0.0774. The van der Waals surface area contributed by atoms with Crippen LogP contribution in [0.1, 0.15) is 18.5 Å². The largest absolute Gasteiger partial charge is 0.381 e. The van der Waals surface area contributed by atoms with E-state index in [1.807, 2.05) is 0 Å². The number of aryl methyl sites for hydroxylation is 1. The number of aromatic nitrogens is 1. The van der Waals surface area contributed by atoms with E-state index in [-0.39, 0.29) is 0 Å². The maximum absolute atomic E-state index is 5.32. The van der Waals surface area contributed by atoms with Crippen LogP contribution in [-0.2, 0) is 18.3 Å². The fraction of sp³-hybridized carbons (Fsp3) is 0.636. The van der Waals surface area contributed by atoms with Crippen molar-refractivity contribution in [2.45, 2.75) is 25.4 Å². The van der Waals surface area contributed by atoms with Crippen LogP contribution in [-0.4, -0.2) is 23.8 Å². The number of hydrogen-bond donors (Lipinski definition) is 1. The summed E-state index contributed by atoms with van der Waals surface area (Å²) in [7, 11) is 2.08. The summed E-state index contributed by atoms with van der Waals surface area (Å²) in [6.45, 7) is 2.78. The first-order valence-electron chi connectivity index (χ1n) is 5.27. The highest BCUT2D eigenvalue weighted by Crippen LogP contribution is 2.07. The van der Waals surface area contributed by atoms with Crippen LogP contribution in [0.4, 0.5) is 0 Å². The van der Waals surface area contributed by atoms with Crippen molar-refractivity contribution < 1.29 is 4.74 Å². The summed E-state index contributed by atoms with van der Waals surface area (Å²) in [5.74, 6) is 0. The molecule has 2 rings (SSSR count). The van der Waals surface area contributed by atoms with Gasteiger partial charge in [-0.15, -0.1) is 0 Å². The van der Waals surface area contributed by atoms with E-state index in [0.29, 0.717) is 6.04 Å². The molecule has 3 heteroatoms. The molecular weight excluding hydrogens is 176 g/mol. The molecule has 1 aromatic heterocycles. The Bertz CT molecular complexity index is 277. The number of rotatable bonds is 3. The summed E-state index contributed by atoms with van der Waals surface area (Å²) in [6.07, 6.45) is 4.37. The fourth-order valence-electron chi connectivity index (χ4n) is 1.83. The van der Waals surface area contributed by atoms with Crippen LogP contribution >= 0.6 is 0 Å². The SMILES string of the molecule is Cn1cccc1CNC1CCOCC1. The van der Waals surface area contributed by atoms with Gasteiger partial charge < -0.3 is 14.6 Å². The molecule has 0 radical (unpaired) electrons. The highest BCUT2D eigenvalue weighted by molar-refractivity contribution is 5.06. The summed E-state index contributed by atoms with van der Waals surface area (Å²) < 4.78 is 7.47. The molecule has 78 valence electrons. The standard InChI is InChI=1S/C11H18N2O/c1-13-6-2-3-11(13)9-12-10-4-7-14-8-5-10/h2-3,6,10,12H,4-5,7-9H2,1H3. The summed E-state index contributed by atoms with van der Waals surface area (Å²) in [5.41, 5.74) is 1.34. The lowest BCUT2D eigenvalue weighted by Crippen LogP contribution is -2.34. The Kier molecular flexibility index (Phi) is 3.22. The first kappa shape index (κ1) is 9.74. The van der Waals surface area contributed by atoms with Crippen molar-refractivity contribution >= 4 is 0 Å². The van der Waals surface area contributed by atoms with Crippen LogP contribution in [0.2, 0.25) is 0 Å². The molecule has 1 aliphatic heterocycles. The summed E-state index contributed by atoms with van der Waals surface area (Å²) in [5, 5.41) is 3.56. The molecule has 1 aliphatic rings. The number of nitrogens with zero attached hydrogens (tertiary/aromatic N) is 1. The zero-order valence-corrected chi connectivity index (χ0v) is 8.70. The van der Waals surface area contributed by atoms with Crippen molar-refractivity contribution in [3.63, 3.8) is 0 Å². The third-order valence-electron chi connectivity index (χ3n) is 2.84. The third-order valence-corrected chi connectivity index (χ3v) is 2.84. The second-order valence-electron chi connectivity index (χ2n) is 3.88. The predicted octanol–water partition coefficient (Wildman–Crippen LogP) is 1.29. The van der Waals surface area contributed by atoms with E-state index < -0.39 is 0 Å². The Morgan fingerprint density at radius 2 is 2.29 bits per heavy atom. The monoisotopic (exact) mass is 194 g/mol. The molecule has 0 atom stereocenters. The van der Waals surface area contributed by atoms with Crippen LogP contribution in [0.15, 0.2) is 18.3 Å². The molecule has 2 heterocycles. The van der Waals surface area contributed by atoms with Crippen molar-refractivity contribution in [2.75, 3.05) is 13.2 Å². The van der Waals surface area contributed by atoms with Gasteiger partial charge in [-0.3, -0.25) is 0 Å². The minimum atomic E-state index is 0.638. The molecule has 0 unspecified atom stereocenters. The molecule has 0 spiro atoms. The lowest BCUT2D eigenvalue weighted by Gasteiger charge is -2.23. The molecule has 1 saturated heterocycles. The van der Waals surface area contributed by atoms with Crippen LogP contribution in [0.3, 0.4) is 0 Å². The van der Waals surface area contributed by atoms with Gasteiger partial charge in [0.15, 0.2) is 0 Å². The highest BCUT2D eigenvalue weighted by Gasteiger charge is 2.12. The molecule has 0 bridgehead atoms.